The van der Waals surface area contributed by atoms with E-state index in [0.717, 1.165) is 11.4 Å². The van der Waals surface area contributed by atoms with Crippen molar-refractivity contribution >= 4 is 21.7 Å². The van der Waals surface area contributed by atoms with Crippen molar-refractivity contribution in [3.8, 4) is 0 Å². The van der Waals surface area contributed by atoms with Gasteiger partial charge >= 0.3 is 0 Å². The number of hydrogen-bond donors (Lipinski definition) is 0. The van der Waals surface area contributed by atoms with Crippen LogP contribution in [0.2, 0.25) is 0 Å². The maximum absolute atomic E-state index is 4.91. The zero-order chi connectivity index (χ0) is 12.4. The number of pyridine rings is 1. The normalized spacial score (nSPS) is 22.5. The predicted octanol–water partition coefficient (Wildman–Crippen LogP) is 3.71. The zero-order valence-corrected chi connectivity index (χ0v) is 12.5. The fraction of sp³-hybridized carbons (Fsp3) is 0.667. The van der Waals surface area contributed by atoms with Crippen LogP contribution in [-0.2, 0) is 12.8 Å². The molecule has 1 unspecified atom stereocenters. The van der Waals surface area contributed by atoms with Gasteiger partial charge in [0.1, 0.15) is 5.82 Å². The third-order valence-corrected chi connectivity index (χ3v) is 4.82. The van der Waals surface area contributed by atoms with E-state index in [0.29, 0.717) is 0 Å². The van der Waals surface area contributed by atoms with Crippen LogP contribution in [0.5, 0.6) is 0 Å². The highest BCUT2D eigenvalue weighted by molar-refractivity contribution is 9.09. The maximum Gasteiger partial charge on any atom is 0.129 e. The van der Waals surface area contributed by atoms with Gasteiger partial charge in [-0.3, -0.25) is 0 Å². The Hall–Kier alpha value is -0.570. The molecule has 98 valence electrons. The average molecular weight is 309 g/mol. The van der Waals surface area contributed by atoms with Crippen molar-refractivity contribution in [2.45, 2.75) is 51.0 Å². The summed E-state index contributed by atoms with van der Waals surface area (Å²) in [6, 6.07) is 5.27. The van der Waals surface area contributed by atoms with Gasteiger partial charge in [0.25, 0.3) is 0 Å². The Kier molecular flexibility index (Phi) is 3.88. The molecule has 1 aromatic rings. The van der Waals surface area contributed by atoms with Gasteiger partial charge in [-0.15, -0.1) is 0 Å². The van der Waals surface area contributed by atoms with Gasteiger partial charge in [0.05, 0.1) is 0 Å². The molecular weight excluding hydrogens is 288 g/mol. The number of fused-ring (bicyclic) bond motifs is 1. The molecule has 3 rings (SSSR count). The zero-order valence-electron chi connectivity index (χ0n) is 10.9. The molecule has 2 heterocycles. The van der Waals surface area contributed by atoms with E-state index in [9.17, 15) is 0 Å². The van der Waals surface area contributed by atoms with Gasteiger partial charge in [-0.25, -0.2) is 4.98 Å². The molecule has 0 N–H and O–H groups in total. The molecule has 0 radical (unpaired) electrons. The lowest BCUT2D eigenvalue weighted by Gasteiger charge is -2.26. The number of aromatic nitrogens is 1. The third-order valence-electron chi connectivity index (χ3n) is 4.26. The summed E-state index contributed by atoms with van der Waals surface area (Å²) in [4.78, 5) is 7.45. The molecule has 1 aromatic heterocycles. The number of anilines is 1. The Morgan fingerprint density at radius 2 is 2.22 bits per heavy atom. The number of hydrogen-bond acceptors (Lipinski definition) is 2. The average Bonchev–Trinajstić information content (AvgIpc) is 3.03. The largest absolute Gasteiger partial charge is 0.354 e. The fourth-order valence-corrected chi connectivity index (χ4v) is 3.64. The van der Waals surface area contributed by atoms with Crippen LogP contribution >= 0.6 is 15.9 Å². The van der Waals surface area contributed by atoms with Gasteiger partial charge in [0.2, 0.25) is 0 Å². The number of aryl methyl sites for hydroxylation is 2. The lowest BCUT2D eigenvalue weighted by Crippen LogP contribution is -2.30. The summed E-state index contributed by atoms with van der Waals surface area (Å²) >= 11 is 3.54. The minimum absolute atomic E-state index is 0.717. The highest BCUT2D eigenvalue weighted by atomic mass is 79.9. The summed E-state index contributed by atoms with van der Waals surface area (Å²) < 4.78 is 0. The molecule has 0 amide bonds. The van der Waals surface area contributed by atoms with Crippen molar-refractivity contribution in [2.75, 3.05) is 16.8 Å². The fourth-order valence-electron chi connectivity index (χ4n) is 3.32. The third kappa shape index (κ3) is 2.42. The van der Waals surface area contributed by atoms with Crippen LogP contribution in [0, 0.1) is 0 Å². The molecule has 0 spiro atoms. The summed E-state index contributed by atoms with van der Waals surface area (Å²) in [7, 11) is 0. The molecule has 1 aliphatic carbocycles. The first-order valence-electron chi connectivity index (χ1n) is 7.20. The molecule has 0 bridgehead atoms. The predicted molar refractivity (Wildman–Crippen MR) is 79.7 cm³/mol. The van der Waals surface area contributed by atoms with E-state index in [2.05, 4.69) is 33.0 Å². The van der Waals surface area contributed by atoms with Crippen molar-refractivity contribution < 1.29 is 0 Å². The van der Waals surface area contributed by atoms with Crippen molar-refractivity contribution in [3.05, 3.63) is 23.4 Å². The van der Waals surface area contributed by atoms with E-state index in [1.807, 2.05) is 0 Å². The molecule has 1 aliphatic heterocycles. The van der Waals surface area contributed by atoms with Crippen LogP contribution in [0.4, 0.5) is 5.82 Å². The minimum atomic E-state index is 0.717. The van der Waals surface area contributed by atoms with Crippen molar-refractivity contribution in [1.29, 1.82) is 0 Å². The smallest absolute Gasteiger partial charge is 0.129 e. The highest BCUT2D eigenvalue weighted by Gasteiger charge is 2.26. The van der Waals surface area contributed by atoms with E-state index < -0.39 is 0 Å². The van der Waals surface area contributed by atoms with Crippen LogP contribution in [-0.4, -0.2) is 22.9 Å². The first-order chi connectivity index (χ1) is 8.88. The van der Waals surface area contributed by atoms with Crippen molar-refractivity contribution in [2.24, 2.45) is 0 Å². The van der Waals surface area contributed by atoms with Gasteiger partial charge in [-0.1, -0.05) is 22.0 Å². The van der Waals surface area contributed by atoms with Crippen LogP contribution in [0.15, 0.2) is 12.1 Å². The van der Waals surface area contributed by atoms with Gasteiger partial charge in [0.15, 0.2) is 0 Å². The lowest BCUT2D eigenvalue weighted by molar-refractivity contribution is 0.600. The number of alkyl halides is 1. The van der Waals surface area contributed by atoms with Crippen LogP contribution in [0.3, 0.4) is 0 Å². The first-order valence-corrected chi connectivity index (χ1v) is 8.32. The quantitative estimate of drug-likeness (QED) is 0.788. The summed E-state index contributed by atoms with van der Waals surface area (Å²) in [6.07, 6.45) is 8.94. The summed E-state index contributed by atoms with van der Waals surface area (Å²) in [5.74, 6) is 1.23. The van der Waals surface area contributed by atoms with Gasteiger partial charge in [-0.05, 0) is 56.6 Å². The number of halogens is 1. The van der Waals surface area contributed by atoms with Crippen molar-refractivity contribution in [3.63, 3.8) is 0 Å². The van der Waals surface area contributed by atoms with Crippen LogP contribution in [0.25, 0.3) is 0 Å². The molecule has 3 heteroatoms. The molecule has 2 aliphatic rings. The topological polar surface area (TPSA) is 16.1 Å². The highest BCUT2D eigenvalue weighted by Crippen LogP contribution is 2.29. The van der Waals surface area contributed by atoms with Gasteiger partial charge in [0, 0.05) is 23.6 Å². The summed E-state index contributed by atoms with van der Waals surface area (Å²) in [5.41, 5.74) is 2.84. The number of rotatable bonds is 4. The Morgan fingerprint density at radius 3 is 3.11 bits per heavy atom. The van der Waals surface area contributed by atoms with E-state index in [1.165, 1.54) is 68.6 Å². The SMILES string of the molecule is BrCCCC1CCCN1c1ccc2c(n1)CCC2. The second-order valence-corrected chi connectivity index (χ2v) is 6.24. The van der Waals surface area contributed by atoms with Crippen molar-refractivity contribution in [1.82, 2.24) is 4.98 Å². The minimum Gasteiger partial charge on any atom is -0.354 e. The molecule has 18 heavy (non-hydrogen) atoms. The first kappa shape index (κ1) is 12.5. The molecule has 0 saturated carbocycles. The maximum atomic E-state index is 4.91. The van der Waals surface area contributed by atoms with Gasteiger partial charge < -0.3 is 4.90 Å². The molecule has 2 nitrogen and oxygen atoms in total. The molecule has 1 fully saturated rings. The second kappa shape index (κ2) is 5.60. The second-order valence-electron chi connectivity index (χ2n) is 5.45. The summed E-state index contributed by atoms with van der Waals surface area (Å²) in [5, 5.41) is 1.12. The Labute approximate surface area is 118 Å². The Balaban J connectivity index is 1.76. The molecule has 0 aromatic carbocycles. The van der Waals surface area contributed by atoms with E-state index in [-0.39, 0.29) is 0 Å². The molecule has 1 saturated heterocycles. The van der Waals surface area contributed by atoms with E-state index in [4.69, 9.17) is 4.98 Å². The summed E-state index contributed by atoms with van der Waals surface area (Å²) in [6.45, 7) is 1.19. The van der Waals surface area contributed by atoms with Crippen LogP contribution in [0.1, 0.15) is 43.4 Å². The van der Waals surface area contributed by atoms with E-state index in [1.54, 1.807) is 0 Å². The Morgan fingerprint density at radius 1 is 1.28 bits per heavy atom. The van der Waals surface area contributed by atoms with E-state index >= 15 is 0 Å². The standard InChI is InChI=1S/C15H21BrN2/c16-10-2-5-13-6-3-11-18(13)15-9-8-12-4-1-7-14(12)17-15/h8-9,13H,1-7,10-11H2. The van der Waals surface area contributed by atoms with Gasteiger partial charge in [-0.2, -0.15) is 0 Å². The molecule has 1 atom stereocenters. The Bertz CT molecular complexity index is 419. The monoisotopic (exact) mass is 308 g/mol. The lowest BCUT2D eigenvalue weighted by atomic mass is 10.1. The molecular formula is C15H21BrN2. The van der Waals surface area contributed by atoms with Crippen LogP contribution < -0.4 is 4.90 Å². The number of nitrogens with zero attached hydrogens (tertiary/aromatic N) is 2.